The van der Waals surface area contributed by atoms with Crippen molar-refractivity contribution in [3.8, 4) is 17.6 Å². The first-order valence-corrected chi connectivity index (χ1v) is 13.2. The summed E-state index contributed by atoms with van der Waals surface area (Å²) >= 11 is 0. The molecule has 1 aromatic carbocycles. The van der Waals surface area contributed by atoms with Gasteiger partial charge in [0.15, 0.2) is 0 Å². The molecule has 0 N–H and O–H groups in total. The summed E-state index contributed by atoms with van der Waals surface area (Å²) in [6.45, 7) is 5.41. The summed E-state index contributed by atoms with van der Waals surface area (Å²) < 4.78 is 6.08. The summed E-state index contributed by atoms with van der Waals surface area (Å²) in [5.74, 6) is 11.0. The predicted molar refractivity (Wildman–Crippen MR) is 133 cm³/mol. The minimum absolute atomic E-state index is 0.582. The number of rotatable bonds is 9. The highest BCUT2D eigenvalue weighted by atomic mass is 16.5. The third kappa shape index (κ3) is 8.76. The van der Waals surface area contributed by atoms with Crippen LogP contribution in [0.2, 0.25) is 0 Å². The molecule has 170 valence electrons. The molecule has 1 heteroatoms. The average Bonchev–Trinajstić information content (AvgIpc) is 2.82. The SMILES string of the molecule is CCCCc1ccc(OCC2CCC(C#CC=CC3CCC(CCC)CC3)CC2)cc1. The Balaban J connectivity index is 1.30. The van der Waals surface area contributed by atoms with Crippen molar-refractivity contribution >= 4 is 0 Å². The van der Waals surface area contributed by atoms with E-state index in [0.29, 0.717) is 11.8 Å². The van der Waals surface area contributed by atoms with E-state index in [1.165, 1.54) is 89.0 Å². The van der Waals surface area contributed by atoms with Crippen molar-refractivity contribution < 1.29 is 4.74 Å². The van der Waals surface area contributed by atoms with Crippen LogP contribution in [0.1, 0.15) is 96.5 Å². The van der Waals surface area contributed by atoms with Gasteiger partial charge >= 0.3 is 0 Å². The summed E-state index contributed by atoms with van der Waals surface area (Å²) in [5, 5.41) is 0. The fourth-order valence-electron chi connectivity index (χ4n) is 5.25. The molecule has 0 amide bonds. The molecule has 0 unspecified atom stereocenters. The summed E-state index contributed by atoms with van der Waals surface area (Å²) in [4.78, 5) is 0. The zero-order valence-corrected chi connectivity index (χ0v) is 20.1. The van der Waals surface area contributed by atoms with Crippen molar-refractivity contribution in [2.45, 2.75) is 97.3 Å². The van der Waals surface area contributed by atoms with Gasteiger partial charge in [0.05, 0.1) is 6.61 Å². The quantitative estimate of drug-likeness (QED) is 0.364. The average molecular weight is 421 g/mol. The molecule has 1 nitrogen and oxygen atoms in total. The molecule has 2 saturated carbocycles. The van der Waals surface area contributed by atoms with Crippen molar-refractivity contribution in [2.75, 3.05) is 6.61 Å². The Hall–Kier alpha value is -1.68. The lowest BCUT2D eigenvalue weighted by Crippen LogP contribution is -2.19. The second-order valence-corrected chi connectivity index (χ2v) is 9.99. The first-order valence-electron chi connectivity index (χ1n) is 13.2. The highest BCUT2D eigenvalue weighted by Crippen LogP contribution is 2.32. The van der Waals surface area contributed by atoms with E-state index in [2.05, 4.69) is 62.1 Å². The molecule has 2 aliphatic rings. The van der Waals surface area contributed by atoms with E-state index in [-0.39, 0.29) is 0 Å². The van der Waals surface area contributed by atoms with Gasteiger partial charge in [-0.25, -0.2) is 0 Å². The molecule has 31 heavy (non-hydrogen) atoms. The monoisotopic (exact) mass is 420 g/mol. The highest BCUT2D eigenvalue weighted by molar-refractivity contribution is 5.27. The van der Waals surface area contributed by atoms with Crippen molar-refractivity contribution in [2.24, 2.45) is 23.7 Å². The van der Waals surface area contributed by atoms with Gasteiger partial charge in [-0.05, 0) is 106 Å². The smallest absolute Gasteiger partial charge is 0.119 e. The maximum Gasteiger partial charge on any atom is 0.119 e. The number of benzene rings is 1. The van der Waals surface area contributed by atoms with E-state index in [4.69, 9.17) is 4.74 Å². The number of aryl methyl sites for hydroxylation is 1. The summed E-state index contributed by atoms with van der Waals surface area (Å²) in [5.41, 5.74) is 1.42. The molecular weight excluding hydrogens is 376 g/mol. The topological polar surface area (TPSA) is 9.23 Å². The van der Waals surface area contributed by atoms with E-state index in [0.717, 1.165) is 24.2 Å². The van der Waals surface area contributed by atoms with Crippen molar-refractivity contribution in [1.82, 2.24) is 0 Å². The summed E-state index contributed by atoms with van der Waals surface area (Å²) in [7, 11) is 0. The summed E-state index contributed by atoms with van der Waals surface area (Å²) in [6.07, 6.45) is 21.6. The van der Waals surface area contributed by atoms with Gasteiger partial charge in [0, 0.05) is 5.92 Å². The van der Waals surface area contributed by atoms with Crippen LogP contribution >= 0.6 is 0 Å². The first kappa shape index (κ1) is 24.0. The minimum Gasteiger partial charge on any atom is -0.493 e. The van der Waals surface area contributed by atoms with Crippen LogP contribution < -0.4 is 4.74 Å². The van der Waals surface area contributed by atoms with Gasteiger partial charge in [-0.15, -0.1) is 0 Å². The number of hydrogen-bond acceptors (Lipinski definition) is 1. The van der Waals surface area contributed by atoms with Gasteiger partial charge in [-0.1, -0.05) is 63.2 Å². The highest BCUT2D eigenvalue weighted by Gasteiger charge is 2.20. The van der Waals surface area contributed by atoms with Gasteiger partial charge in [0.25, 0.3) is 0 Å². The van der Waals surface area contributed by atoms with Crippen molar-refractivity contribution in [1.29, 1.82) is 0 Å². The Kier molecular flexibility index (Phi) is 10.6. The van der Waals surface area contributed by atoms with Crippen LogP contribution in [-0.4, -0.2) is 6.61 Å². The van der Waals surface area contributed by atoms with Crippen LogP contribution in [0.3, 0.4) is 0 Å². The lowest BCUT2D eigenvalue weighted by atomic mass is 9.80. The third-order valence-corrected chi connectivity index (χ3v) is 7.40. The Morgan fingerprint density at radius 3 is 2.26 bits per heavy atom. The van der Waals surface area contributed by atoms with Crippen LogP contribution in [0.15, 0.2) is 36.4 Å². The molecular formula is C30H44O. The molecule has 0 atom stereocenters. The molecule has 0 spiro atoms. The van der Waals surface area contributed by atoms with Crippen molar-refractivity contribution in [3.05, 3.63) is 42.0 Å². The lowest BCUT2D eigenvalue weighted by molar-refractivity contribution is 0.196. The Morgan fingerprint density at radius 1 is 0.871 bits per heavy atom. The molecule has 2 fully saturated rings. The lowest BCUT2D eigenvalue weighted by Gasteiger charge is -2.26. The zero-order chi connectivity index (χ0) is 21.7. The van der Waals surface area contributed by atoms with E-state index >= 15 is 0 Å². The fraction of sp³-hybridized carbons (Fsp3) is 0.667. The molecule has 0 radical (unpaired) electrons. The van der Waals surface area contributed by atoms with E-state index in [9.17, 15) is 0 Å². The molecule has 3 rings (SSSR count). The third-order valence-electron chi connectivity index (χ3n) is 7.40. The molecule has 0 heterocycles. The van der Waals surface area contributed by atoms with Crippen molar-refractivity contribution in [3.63, 3.8) is 0 Å². The number of unbranched alkanes of at least 4 members (excludes halogenated alkanes) is 1. The van der Waals surface area contributed by atoms with Gasteiger partial charge in [0.1, 0.15) is 5.75 Å². The number of ether oxygens (including phenoxy) is 1. The Morgan fingerprint density at radius 2 is 1.58 bits per heavy atom. The van der Waals surface area contributed by atoms with Gasteiger partial charge in [-0.2, -0.15) is 0 Å². The second kappa shape index (κ2) is 13.7. The molecule has 0 aliphatic heterocycles. The van der Waals surface area contributed by atoms with E-state index < -0.39 is 0 Å². The van der Waals surface area contributed by atoms with Crippen LogP contribution in [0.4, 0.5) is 0 Å². The molecule has 1 aromatic rings. The number of allylic oxidation sites excluding steroid dienone is 2. The largest absolute Gasteiger partial charge is 0.493 e. The Bertz CT molecular complexity index is 688. The van der Waals surface area contributed by atoms with Gasteiger partial charge < -0.3 is 4.74 Å². The maximum atomic E-state index is 6.08. The second-order valence-electron chi connectivity index (χ2n) is 9.99. The van der Waals surface area contributed by atoms with Gasteiger partial charge in [0.2, 0.25) is 0 Å². The van der Waals surface area contributed by atoms with Gasteiger partial charge in [-0.3, -0.25) is 0 Å². The van der Waals surface area contributed by atoms with Crippen LogP contribution in [0.5, 0.6) is 5.75 Å². The van der Waals surface area contributed by atoms with E-state index in [1.807, 2.05) is 0 Å². The minimum atomic E-state index is 0.582. The van der Waals surface area contributed by atoms with Crippen LogP contribution in [-0.2, 0) is 6.42 Å². The summed E-state index contributed by atoms with van der Waals surface area (Å²) in [6, 6.07) is 8.74. The molecule has 2 aliphatic carbocycles. The Labute approximate surface area is 192 Å². The molecule has 0 bridgehead atoms. The van der Waals surface area contributed by atoms with Crippen LogP contribution in [0.25, 0.3) is 0 Å². The molecule has 0 aromatic heterocycles. The normalized spacial score (nSPS) is 26.4. The first-order chi connectivity index (χ1) is 15.3. The zero-order valence-electron chi connectivity index (χ0n) is 20.1. The predicted octanol–water partition coefficient (Wildman–Crippen LogP) is 8.38. The maximum absolute atomic E-state index is 6.08. The standard InChI is InChI=1S/C30H44O/c1-3-5-9-26-20-22-30(23-21-26)31-24-29-18-16-28(17-19-29)11-7-6-10-27-14-12-25(8-4-2)13-15-27/h6,10,20-23,25,27-29H,3-5,8-9,12-19,24H2,1-2H3. The van der Waals surface area contributed by atoms with E-state index in [1.54, 1.807) is 0 Å². The number of hydrogen-bond donors (Lipinski definition) is 0. The fourth-order valence-corrected chi connectivity index (χ4v) is 5.25. The molecule has 0 saturated heterocycles. The van der Waals surface area contributed by atoms with Crippen LogP contribution in [0, 0.1) is 35.5 Å².